The highest BCUT2D eigenvalue weighted by atomic mass is 35.5. The lowest BCUT2D eigenvalue weighted by Gasteiger charge is -2.10. The number of nitrogens with zero attached hydrogens (tertiary/aromatic N) is 2. The Labute approximate surface area is 106 Å². The molecule has 3 N–H and O–H groups in total. The molecular formula is C10H17ClN4O2. The molecule has 1 aromatic rings. The summed E-state index contributed by atoms with van der Waals surface area (Å²) < 4.78 is 4.78. The number of rotatable bonds is 5. The van der Waals surface area contributed by atoms with Crippen molar-refractivity contribution < 1.29 is 9.53 Å². The summed E-state index contributed by atoms with van der Waals surface area (Å²) in [6.07, 6.45) is 3.88. The molecular weight excluding hydrogens is 244 g/mol. The van der Waals surface area contributed by atoms with Crippen LogP contribution in [0.15, 0.2) is 12.4 Å². The first kappa shape index (κ1) is 15.8. The first-order valence-corrected chi connectivity index (χ1v) is 5.03. The molecule has 6 nitrogen and oxygen atoms in total. The average Bonchev–Trinajstić information content (AvgIpc) is 2.30. The molecule has 1 heterocycles. The Morgan fingerprint density at radius 1 is 1.53 bits per heavy atom. The summed E-state index contributed by atoms with van der Waals surface area (Å²) in [5.74, 6) is 0.425. The van der Waals surface area contributed by atoms with Gasteiger partial charge in [-0.15, -0.1) is 12.4 Å². The molecule has 1 rings (SSSR count). The van der Waals surface area contributed by atoms with Gasteiger partial charge in [-0.05, 0) is 0 Å². The average molecular weight is 261 g/mol. The largest absolute Gasteiger partial charge is 0.383 e. The number of anilines is 1. The van der Waals surface area contributed by atoms with Crippen molar-refractivity contribution in [1.82, 2.24) is 9.97 Å². The lowest BCUT2D eigenvalue weighted by Crippen LogP contribution is -2.39. The summed E-state index contributed by atoms with van der Waals surface area (Å²) in [6, 6.07) is -0.684. The molecule has 0 saturated carbocycles. The van der Waals surface area contributed by atoms with Gasteiger partial charge in [0.05, 0.1) is 24.7 Å². The molecule has 0 spiro atoms. The van der Waals surface area contributed by atoms with Crippen LogP contribution in [0.25, 0.3) is 0 Å². The summed E-state index contributed by atoms with van der Waals surface area (Å²) in [7, 11) is 1.49. The van der Waals surface area contributed by atoms with E-state index in [1.807, 2.05) is 6.92 Å². The Bertz CT molecular complexity index is 345. The Hall–Kier alpha value is -1.24. The highest BCUT2D eigenvalue weighted by Gasteiger charge is 2.13. The van der Waals surface area contributed by atoms with Crippen LogP contribution in [-0.2, 0) is 16.0 Å². The van der Waals surface area contributed by atoms with Crippen LogP contribution in [0.5, 0.6) is 0 Å². The van der Waals surface area contributed by atoms with Gasteiger partial charge in [-0.25, -0.2) is 9.97 Å². The van der Waals surface area contributed by atoms with Crippen molar-refractivity contribution in [3.05, 3.63) is 18.2 Å². The van der Waals surface area contributed by atoms with Crippen LogP contribution in [0.2, 0.25) is 0 Å². The number of carbonyl (C=O) groups excluding carboxylic acids is 1. The summed E-state index contributed by atoms with van der Waals surface area (Å²) in [4.78, 5) is 19.6. The second-order valence-electron chi connectivity index (χ2n) is 3.29. The molecule has 0 aromatic carbocycles. The van der Waals surface area contributed by atoms with E-state index in [1.54, 1.807) is 12.4 Å². The Balaban J connectivity index is 0.00000256. The number of aromatic nitrogens is 2. The van der Waals surface area contributed by atoms with Gasteiger partial charge in [-0.3, -0.25) is 4.79 Å². The molecule has 1 unspecified atom stereocenters. The zero-order chi connectivity index (χ0) is 12.0. The van der Waals surface area contributed by atoms with E-state index in [-0.39, 0.29) is 24.9 Å². The van der Waals surface area contributed by atoms with Crippen LogP contribution in [0.3, 0.4) is 0 Å². The van der Waals surface area contributed by atoms with E-state index in [4.69, 9.17) is 10.5 Å². The van der Waals surface area contributed by atoms with E-state index in [0.717, 1.165) is 12.2 Å². The molecule has 7 heteroatoms. The van der Waals surface area contributed by atoms with Crippen molar-refractivity contribution in [3.63, 3.8) is 0 Å². The van der Waals surface area contributed by atoms with E-state index in [1.165, 1.54) is 7.11 Å². The fraction of sp³-hybridized carbons (Fsp3) is 0.500. The smallest absolute Gasteiger partial charge is 0.243 e. The van der Waals surface area contributed by atoms with Crippen molar-refractivity contribution in [2.45, 2.75) is 19.4 Å². The van der Waals surface area contributed by atoms with Gasteiger partial charge < -0.3 is 15.8 Å². The van der Waals surface area contributed by atoms with Gasteiger partial charge in [0.15, 0.2) is 0 Å². The van der Waals surface area contributed by atoms with Crippen LogP contribution < -0.4 is 11.1 Å². The summed E-state index contributed by atoms with van der Waals surface area (Å²) in [6.45, 7) is 2.14. The standard InChI is InChI=1S/C10H16N4O2.ClH/c1-3-9-12-4-7(5-13-9)14-10(15)8(11)6-16-2;/h4-5,8H,3,6,11H2,1-2H3,(H,14,15);1H. The number of amides is 1. The number of nitrogens with two attached hydrogens (primary N) is 1. The third-order valence-electron chi connectivity index (χ3n) is 1.97. The Morgan fingerprint density at radius 3 is 2.59 bits per heavy atom. The number of hydrogen-bond donors (Lipinski definition) is 2. The topological polar surface area (TPSA) is 90.1 Å². The number of hydrogen-bond acceptors (Lipinski definition) is 5. The van der Waals surface area contributed by atoms with Crippen LogP contribution in [0.4, 0.5) is 5.69 Å². The van der Waals surface area contributed by atoms with Gasteiger partial charge in [0.1, 0.15) is 11.9 Å². The van der Waals surface area contributed by atoms with Crippen LogP contribution in [0, 0.1) is 0 Å². The van der Waals surface area contributed by atoms with Crippen molar-refractivity contribution in [1.29, 1.82) is 0 Å². The molecule has 96 valence electrons. The van der Waals surface area contributed by atoms with Crippen molar-refractivity contribution in [2.75, 3.05) is 19.0 Å². The lowest BCUT2D eigenvalue weighted by atomic mass is 10.3. The lowest BCUT2D eigenvalue weighted by molar-refractivity contribution is -0.118. The van der Waals surface area contributed by atoms with Gasteiger partial charge in [-0.2, -0.15) is 0 Å². The second kappa shape index (κ2) is 7.94. The number of aryl methyl sites for hydroxylation is 1. The minimum absolute atomic E-state index is 0. The number of nitrogens with one attached hydrogen (secondary N) is 1. The molecule has 0 aliphatic carbocycles. The maximum Gasteiger partial charge on any atom is 0.243 e. The minimum atomic E-state index is -0.684. The minimum Gasteiger partial charge on any atom is -0.383 e. The normalized spacial score (nSPS) is 11.5. The van der Waals surface area contributed by atoms with Gasteiger partial charge in [0, 0.05) is 13.5 Å². The zero-order valence-electron chi connectivity index (χ0n) is 9.84. The predicted octanol–water partition coefficient (Wildman–Crippen LogP) is 0.373. The quantitative estimate of drug-likeness (QED) is 0.798. The molecule has 1 aromatic heterocycles. The fourth-order valence-corrected chi connectivity index (χ4v) is 1.09. The van der Waals surface area contributed by atoms with E-state index in [2.05, 4.69) is 15.3 Å². The maximum atomic E-state index is 11.5. The molecule has 1 atom stereocenters. The van der Waals surface area contributed by atoms with Crippen molar-refractivity contribution in [2.24, 2.45) is 5.73 Å². The van der Waals surface area contributed by atoms with Crippen LogP contribution in [0.1, 0.15) is 12.7 Å². The molecule has 0 aliphatic rings. The highest BCUT2D eigenvalue weighted by Crippen LogP contribution is 2.03. The molecule has 0 radical (unpaired) electrons. The molecule has 0 saturated heterocycles. The third kappa shape index (κ3) is 5.08. The van der Waals surface area contributed by atoms with Crippen molar-refractivity contribution >= 4 is 24.0 Å². The van der Waals surface area contributed by atoms with E-state index in [0.29, 0.717) is 5.69 Å². The van der Waals surface area contributed by atoms with Crippen LogP contribution >= 0.6 is 12.4 Å². The number of ether oxygens (including phenoxy) is 1. The molecule has 0 aliphatic heterocycles. The monoisotopic (exact) mass is 260 g/mol. The fourth-order valence-electron chi connectivity index (χ4n) is 1.09. The molecule has 0 fully saturated rings. The van der Waals surface area contributed by atoms with Gasteiger partial charge in [-0.1, -0.05) is 6.92 Å². The summed E-state index contributed by atoms with van der Waals surface area (Å²) >= 11 is 0. The molecule has 17 heavy (non-hydrogen) atoms. The Kier molecular flexibility index (Phi) is 7.36. The first-order chi connectivity index (χ1) is 7.67. The highest BCUT2D eigenvalue weighted by molar-refractivity contribution is 5.94. The number of carbonyl (C=O) groups is 1. The summed E-state index contributed by atoms with van der Waals surface area (Å²) in [5, 5.41) is 2.61. The van der Waals surface area contributed by atoms with Crippen LogP contribution in [-0.4, -0.2) is 35.6 Å². The first-order valence-electron chi connectivity index (χ1n) is 5.03. The van der Waals surface area contributed by atoms with E-state index >= 15 is 0 Å². The zero-order valence-corrected chi connectivity index (χ0v) is 10.7. The Morgan fingerprint density at radius 2 is 2.12 bits per heavy atom. The predicted molar refractivity (Wildman–Crippen MR) is 67.1 cm³/mol. The maximum absolute atomic E-state index is 11.5. The SMILES string of the molecule is CCc1ncc(NC(=O)C(N)COC)cn1.Cl. The van der Waals surface area contributed by atoms with E-state index < -0.39 is 6.04 Å². The van der Waals surface area contributed by atoms with Gasteiger partial charge >= 0.3 is 0 Å². The van der Waals surface area contributed by atoms with Gasteiger partial charge in [0.25, 0.3) is 0 Å². The van der Waals surface area contributed by atoms with Gasteiger partial charge in [0.2, 0.25) is 5.91 Å². The molecule has 1 amide bonds. The second-order valence-corrected chi connectivity index (χ2v) is 3.29. The number of halogens is 1. The third-order valence-corrected chi connectivity index (χ3v) is 1.97. The summed E-state index contributed by atoms with van der Waals surface area (Å²) in [5.41, 5.74) is 6.09. The van der Waals surface area contributed by atoms with E-state index in [9.17, 15) is 4.79 Å². The number of methoxy groups -OCH3 is 1. The molecule has 0 bridgehead atoms. The van der Waals surface area contributed by atoms with Crippen molar-refractivity contribution in [3.8, 4) is 0 Å².